The first-order valence-corrected chi connectivity index (χ1v) is 11.5. The number of hydrogen-bond donors (Lipinski definition) is 1. The molecular weight excluding hydrogens is 366 g/mol. The molecule has 0 aromatic carbocycles. The maximum absolute atomic E-state index is 12.4. The van der Waals surface area contributed by atoms with Gasteiger partial charge in [-0.2, -0.15) is 8.42 Å². The highest BCUT2D eigenvalue weighted by Crippen LogP contribution is 2.66. The molecule has 0 heterocycles. The Balaban J connectivity index is 1.63. The van der Waals surface area contributed by atoms with Gasteiger partial charge in [-0.05, 0) is 86.8 Å². The van der Waals surface area contributed by atoms with Gasteiger partial charge in [-0.15, -0.1) is 0 Å². The van der Waals surface area contributed by atoms with Gasteiger partial charge in [-0.1, -0.05) is 25.5 Å². The van der Waals surface area contributed by atoms with Gasteiger partial charge in [-0.25, -0.2) is 4.18 Å². The summed E-state index contributed by atoms with van der Waals surface area (Å²) in [6.45, 7) is 5.93. The Morgan fingerprint density at radius 1 is 1.26 bits per heavy atom. The largest absolute Gasteiger partial charge is 0.397 e. The lowest BCUT2D eigenvalue weighted by atomic mass is 9.47. The van der Waals surface area contributed by atoms with Crippen molar-refractivity contribution in [1.82, 2.24) is 0 Å². The van der Waals surface area contributed by atoms with Gasteiger partial charge in [0.2, 0.25) is 0 Å². The summed E-state index contributed by atoms with van der Waals surface area (Å²) in [7, 11) is -4.45. The minimum atomic E-state index is -4.45. The van der Waals surface area contributed by atoms with E-state index in [1.807, 2.05) is 0 Å². The monoisotopic (exact) mass is 400 g/mol. The second-order valence-electron chi connectivity index (χ2n) is 9.64. The first kappa shape index (κ1) is 17.2. The second-order valence-corrected chi connectivity index (χ2v) is 10.7. The summed E-state index contributed by atoms with van der Waals surface area (Å²) in [6.07, 6.45) is 5.25. The summed E-state index contributed by atoms with van der Waals surface area (Å²) in [5.41, 5.74) is 0.875. The van der Waals surface area contributed by atoms with Crippen molar-refractivity contribution >= 4 is 16.2 Å². The van der Waals surface area contributed by atoms with Gasteiger partial charge in [0.15, 0.2) is 0 Å². The average Bonchev–Trinajstić information content (AvgIpc) is 2.78. The summed E-state index contributed by atoms with van der Waals surface area (Å²) < 4.78 is 53.3. The lowest BCUT2D eigenvalue weighted by Crippen LogP contribution is -2.51. The number of Topliss-reactive ketones (excluding diaryl/α,β-unsaturated/α-hetero) is 1. The Kier molecular flexibility index (Phi) is 4.06. The van der Waals surface area contributed by atoms with E-state index in [1.165, 1.54) is 5.57 Å². The predicted molar refractivity (Wildman–Crippen MR) is 102 cm³/mol. The fraction of sp³-hybridized carbons (Fsp3) is 0.857. The van der Waals surface area contributed by atoms with Gasteiger partial charge in [0.25, 0.3) is 0 Å². The van der Waals surface area contributed by atoms with Crippen molar-refractivity contribution in [2.45, 2.75) is 78.2 Å². The molecule has 3 saturated carbocycles. The summed E-state index contributed by atoms with van der Waals surface area (Å²) in [6, 6.07) is 0. The molecule has 7 atom stereocenters. The molecule has 0 aliphatic heterocycles. The molecule has 0 aromatic heterocycles. The number of carbonyl (C=O) groups is 1. The van der Waals surface area contributed by atoms with Crippen LogP contribution in [0.4, 0.5) is 0 Å². The highest BCUT2D eigenvalue weighted by molar-refractivity contribution is 7.80. The molecule has 152 valence electrons. The minimum absolute atomic E-state index is 0.0282. The first-order chi connectivity index (χ1) is 13.3. The van der Waals surface area contributed by atoms with E-state index in [4.69, 9.17) is 11.5 Å². The number of rotatable bonds is 3. The van der Waals surface area contributed by atoms with Crippen LogP contribution in [0, 0.1) is 34.5 Å². The van der Waals surface area contributed by atoms with E-state index in [1.54, 1.807) is 6.92 Å². The van der Waals surface area contributed by atoms with E-state index in [0.717, 1.165) is 25.7 Å². The summed E-state index contributed by atoms with van der Waals surface area (Å²) in [5.74, 6) is 0.388. The van der Waals surface area contributed by atoms with Crippen molar-refractivity contribution in [3.05, 3.63) is 11.6 Å². The zero-order valence-electron chi connectivity index (χ0n) is 18.4. The Morgan fingerprint density at radius 2 is 2.00 bits per heavy atom. The van der Waals surface area contributed by atoms with E-state index < -0.39 is 28.8 Å². The fourth-order valence-electron chi connectivity index (χ4n) is 7.06. The van der Waals surface area contributed by atoms with E-state index >= 15 is 0 Å². The highest BCUT2D eigenvalue weighted by Gasteiger charge is 2.59. The standard InChI is InChI=1S/C21H32O5S/c1-13(22)17-6-7-18-16-5-4-14-12-15(26-27(23,24)25)8-10-20(14,2)19(16)9-11-21(17,18)3/h4,15-19H,5-12H2,1-3H3,(H,23,24,25)/t15-,16-,17+,18-,19-,20-,21+/m0/s1/i1+1,6D2,13+1. The van der Waals surface area contributed by atoms with Crippen molar-refractivity contribution in [3.8, 4) is 0 Å². The third-order valence-corrected chi connectivity index (χ3v) is 8.88. The van der Waals surface area contributed by atoms with E-state index in [0.29, 0.717) is 31.1 Å². The molecule has 0 spiro atoms. The van der Waals surface area contributed by atoms with Gasteiger partial charge < -0.3 is 0 Å². The second kappa shape index (κ2) is 6.39. The number of hydrogen-bond acceptors (Lipinski definition) is 4. The van der Waals surface area contributed by atoms with Crippen molar-refractivity contribution in [3.63, 3.8) is 0 Å². The van der Waals surface area contributed by atoms with E-state index in [-0.39, 0.29) is 22.5 Å². The number of ketones is 1. The molecule has 4 aliphatic carbocycles. The van der Waals surface area contributed by atoms with Crippen molar-refractivity contribution in [2.75, 3.05) is 0 Å². The first-order valence-electron chi connectivity index (χ1n) is 11.1. The van der Waals surface area contributed by atoms with Crippen LogP contribution in [0.3, 0.4) is 0 Å². The lowest BCUT2D eigenvalue weighted by Gasteiger charge is -2.58. The molecule has 27 heavy (non-hydrogen) atoms. The molecular formula is C21H32O5S. The molecule has 0 saturated heterocycles. The third-order valence-electron chi connectivity index (χ3n) is 8.36. The molecule has 5 nitrogen and oxygen atoms in total. The zero-order chi connectivity index (χ0) is 21.4. The fourth-order valence-corrected chi connectivity index (χ4v) is 7.57. The molecule has 6 heteroatoms. The van der Waals surface area contributed by atoms with Crippen molar-refractivity contribution in [2.24, 2.45) is 34.5 Å². The molecule has 0 unspecified atom stereocenters. The Bertz CT molecular complexity index is 853. The molecule has 0 aromatic rings. The van der Waals surface area contributed by atoms with Gasteiger partial charge in [0, 0.05) is 8.66 Å². The summed E-state index contributed by atoms with van der Waals surface area (Å²) in [4.78, 5) is 12.4. The van der Waals surface area contributed by atoms with E-state index in [2.05, 4.69) is 19.9 Å². The van der Waals surface area contributed by atoms with E-state index in [9.17, 15) is 13.2 Å². The van der Waals surface area contributed by atoms with Gasteiger partial charge in [0.1, 0.15) is 5.78 Å². The molecule has 0 amide bonds. The highest BCUT2D eigenvalue weighted by atomic mass is 32.3. The summed E-state index contributed by atoms with van der Waals surface area (Å²) >= 11 is 0. The third kappa shape index (κ3) is 3.12. The minimum Gasteiger partial charge on any atom is -0.300 e. The SMILES string of the molecule is [2H]C1([2H])C[C@H]2[C@@H]3CC=C4C[C@@H](OS(=O)(=O)O)CC[C@]4(C)[C@H]3CC[C@]2(C)[C@H]1[13C]([13CH3])=O. The Morgan fingerprint density at radius 3 is 2.67 bits per heavy atom. The molecule has 0 radical (unpaired) electrons. The van der Waals surface area contributed by atoms with Crippen LogP contribution >= 0.6 is 0 Å². The van der Waals surface area contributed by atoms with Gasteiger partial charge >= 0.3 is 10.4 Å². The molecule has 4 aliphatic rings. The van der Waals surface area contributed by atoms with Crippen LogP contribution in [-0.4, -0.2) is 24.9 Å². The van der Waals surface area contributed by atoms with Crippen LogP contribution in [0.5, 0.6) is 0 Å². The van der Waals surface area contributed by atoms with Crippen LogP contribution in [0.25, 0.3) is 0 Å². The molecule has 4 rings (SSSR count). The van der Waals surface area contributed by atoms with Crippen LogP contribution in [-0.2, 0) is 19.4 Å². The lowest BCUT2D eigenvalue weighted by molar-refractivity contribution is -0.127. The topological polar surface area (TPSA) is 80.7 Å². The van der Waals surface area contributed by atoms with Gasteiger partial charge in [-0.3, -0.25) is 9.35 Å². The average molecular weight is 401 g/mol. The number of carbonyl (C=O) groups excluding carboxylic acids is 1. The molecule has 1 N–H and O–H groups in total. The summed E-state index contributed by atoms with van der Waals surface area (Å²) in [5, 5.41) is 0. The smallest absolute Gasteiger partial charge is 0.300 e. The van der Waals surface area contributed by atoms with Gasteiger partial charge in [0.05, 0.1) is 6.10 Å². The number of allylic oxidation sites excluding steroid dienone is 1. The van der Waals surface area contributed by atoms with Crippen molar-refractivity contribution < 1.29 is 24.7 Å². The normalized spacial score (nSPS) is 49.8. The van der Waals surface area contributed by atoms with Crippen LogP contribution in [0.2, 0.25) is 0 Å². The van der Waals surface area contributed by atoms with Crippen molar-refractivity contribution in [1.29, 1.82) is 0 Å². The quantitative estimate of drug-likeness (QED) is 0.433. The zero-order valence-corrected chi connectivity index (χ0v) is 17.2. The van der Waals surface area contributed by atoms with Crippen LogP contribution in [0.1, 0.15) is 74.8 Å². The van der Waals surface area contributed by atoms with Crippen LogP contribution < -0.4 is 0 Å². The number of fused-ring (bicyclic) bond motifs is 5. The Hall–Kier alpha value is -0.720. The molecule has 3 fully saturated rings. The predicted octanol–water partition coefficient (Wildman–Crippen LogP) is 4.34. The van der Waals surface area contributed by atoms with Crippen LogP contribution in [0.15, 0.2) is 11.6 Å². The maximum Gasteiger partial charge on any atom is 0.397 e. The Labute approximate surface area is 165 Å². The molecule has 0 bridgehead atoms. The maximum atomic E-state index is 12.4.